The summed E-state index contributed by atoms with van der Waals surface area (Å²) in [5, 5.41) is 0. The van der Waals surface area contributed by atoms with Crippen LogP contribution in [0.5, 0.6) is 11.5 Å². The van der Waals surface area contributed by atoms with Crippen molar-refractivity contribution < 1.29 is 19.0 Å². The van der Waals surface area contributed by atoms with Crippen LogP contribution in [0, 0.1) is 0 Å². The number of carbonyl (C=O) groups is 1. The predicted octanol–water partition coefficient (Wildman–Crippen LogP) is 4.42. The molecule has 1 aromatic heterocycles. The summed E-state index contributed by atoms with van der Waals surface area (Å²) in [6.45, 7) is 9.79. The minimum Gasteiger partial charge on any atom is -0.493 e. The van der Waals surface area contributed by atoms with Crippen LogP contribution in [0.4, 0.5) is 5.69 Å². The molecule has 206 valence electrons. The summed E-state index contributed by atoms with van der Waals surface area (Å²) in [7, 11) is 3.09. The first-order valence-corrected chi connectivity index (χ1v) is 14.3. The second kappa shape index (κ2) is 12.2. The van der Waals surface area contributed by atoms with Crippen LogP contribution in [0.25, 0.3) is 6.08 Å². The number of nitrogens with zero attached hydrogens (tertiary/aromatic N) is 3. The minimum absolute atomic E-state index is 0.198. The highest BCUT2D eigenvalue weighted by Crippen LogP contribution is 2.40. The zero-order valence-corrected chi connectivity index (χ0v) is 25.3. The molecule has 0 N–H and O–H groups in total. The third kappa shape index (κ3) is 5.53. The SMILES string of the molecule is CCOC(=O)C1=C(C)N=c2s/c(=C\c3ccc(N(CC)CC)cc3)c(=O)n2C1c1cc(OC)c(OC)cc1Br. The molecule has 0 radical (unpaired) electrons. The number of hydrogen-bond donors (Lipinski definition) is 0. The van der Waals surface area contributed by atoms with E-state index in [-0.39, 0.29) is 12.2 Å². The van der Waals surface area contributed by atoms with E-state index < -0.39 is 12.0 Å². The molecule has 0 aliphatic carbocycles. The van der Waals surface area contributed by atoms with Crippen molar-refractivity contribution in [2.75, 3.05) is 38.8 Å². The van der Waals surface area contributed by atoms with Gasteiger partial charge in [0.05, 0.1) is 42.7 Å². The maximum Gasteiger partial charge on any atom is 0.338 e. The van der Waals surface area contributed by atoms with Crippen molar-refractivity contribution in [1.82, 2.24) is 4.57 Å². The average Bonchev–Trinajstić information content (AvgIpc) is 3.23. The molecule has 1 atom stereocenters. The molecular weight excluding hydrogens is 582 g/mol. The Balaban J connectivity index is 1.92. The Morgan fingerprint density at radius 1 is 1.10 bits per heavy atom. The second-order valence-corrected chi connectivity index (χ2v) is 10.7. The van der Waals surface area contributed by atoms with Crippen LogP contribution < -0.4 is 29.3 Å². The molecule has 0 saturated carbocycles. The second-order valence-electron chi connectivity index (χ2n) is 8.79. The summed E-state index contributed by atoms with van der Waals surface area (Å²) in [4.78, 5) is 34.5. The van der Waals surface area contributed by atoms with E-state index in [9.17, 15) is 9.59 Å². The summed E-state index contributed by atoms with van der Waals surface area (Å²) in [5.74, 6) is 0.475. The maximum atomic E-state index is 13.9. The topological polar surface area (TPSA) is 82.4 Å². The standard InChI is InChI=1S/C29H32BrN3O5S/c1-7-32(8-2)19-12-10-18(11-13-19)14-24-27(34)33-26(20-15-22(36-5)23(37-6)16-21(20)30)25(28(35)38-9-3)17(4)31-29(33)39-24/h10-16,26H,7-9H2,1-6H3/b24-14-. The van der Waals surface area contributed by atoms with Crippen molar-refractivity contribution in [3.63, 3.8) is 0 Å². The molecular formula is C29H32BrN3O5S. The summed E-state index contributed by atoms with van der Waals surface area (Å²) in [6.07, 6.45) is 1.86. The molecule has 1 unspecified atom stereocenters. The van der Waals surface area contributed by atoms with Crippen molar-refractivity contribution in [3.8, 4) is 11.5 Å². The maximum absolute atomic E-state index is 13.9. The van der Waals surface area contributed by atoms with Crippen LogP contribution in [0.2, 0.25) is 0 Å². The summed E-state index contributed by atoms with van der Waals surface area (Å²) in [6, 6.07) is 10.9. The van der Waals surface area contributed by atoms with Gasteiger partial charge in [-0.15, -0.1) is 0 Å². The molecule has 8 nitrogen and oxygen atoms in total. The van der Waals surface area contributed by atoms with Gasteiger partial charge in [0.2, 0.25) is 0 Å². The first-order valence-electron chi connectivity index (χ1n) is 12.7. The lowest BCUT2D eigenvalue weighted by Gasteiger charge is -2.26. The molecule has 0 spiro atoms. The zero-order chi connectivity index (χ0) is 28.3. The molecule has 4 rings (SSSR count). The number of fused-ring (bicyclic) bond motifs is 1. The first kappa shape index (κ1) is 28.6. The number of anilines is 1. The fraction of sp³-hybridized carbons (Fsp3) is 0.345. The van der Waals surface area contributed by atoms with Gasteiger partial charge in [-0.3, -0.25) is 9.36 Å². The first-order chi connectivity index (χ1) is 18.8. The van der Waals surface area contributed by atoms with Gasteiger partial charge in [-0.25, -0.2) is 9.79 Å². The van der Waals surface area contributed by atoms with E-state index in [1.165, 1.54) is 11.3 Å². The van der Waals surface area contributed by atoms with Crippen LogP contribution in [0.3, 0.4) is 0 Å². The van der Waals surface area contributed by atoms with Gasteiger partial charge in [-0.2, -0.15) is 0 Å². The number of aromatic nitrogens is 1. The van der Waals surface area contributed by atoms with E-state index in [1.807, 2.05) is 18.2 Å². The van der Waals surface area contributed by atoms with Gasteiger partial charge in [0.25, 0.3) is 5.56 Å². The van der Waals surface area contributed by atoms with Gasteiger partial charge in [0.1, 0.15) is 0 Å². The van der Waals surface area contributed by atoms with Crippen LogP contribution in [0.15, 0.2) is 61.9 Å². The van der Waals surface area contributed by atoms with E-state index in [2.05, 4.69) is 51.8 Å². The van der Waals surface area contributed by atoms with Crippen LogP contribution in [0.1, 0.15) is 44.9 Å². The van der Waals surface area contributed by atoms with Gasteiger partial charge >= 0.3 is 5.97 Å². The highest BCUT2D eigenvalue weighted by molar-refractivity contribution is 9.10. The number of hydrogen-bond acceptors (Lipinski definition) is 8. The smallest absolute Gasteiger partial charge is 0.338 e. The van der Waals surface area contributed by atoms with Gasteiger partial charge in [0.15, 0.2) is 16.3 Å². The van der Waals surface area contributed by atoms with Crippen molar-refractivity contribution >= 4 is 45.0 Å². The van der Waals surface area contributed by atoms with E-state index >= 15 is 0 Å². The number of esters is 1. The molecule has 0 amide bonds. The number of benzene rings is 2. The van der Waals surface area contributed by atoms with Crippen molar-refractivity contribution in [2.24, 2.45) is 4.99 Å². The molecule has 3 aromatic rings. The van der Waals surface area contributed by atoms with Gasteiger partial charge < -0.3 is 19.1 Å². The number of thiazole rings is 1. The monoisotopic (exact) mass is 613 g/mol. The fourth-order valence-electron chi connectivity index (χ4n) is 4.69. The third-order valence-electron chi connectivity index (χ3n) is 6.63. The van der Waals surface area contributed by atoms with Crippen LogP contribution in [-0.2, 0) is 9.53 Å². The lowest BCUT2D eigenvalue weighted by molar-refractivity contribution is -0.139. The Hall–Kier alpha value is -3.37. The highest BCUT2D eigenvalue weighted by atomic mass is 79.9. The van der Waals surface area contributed by atoms with E-state index in [0.29, 0.717) is 42.1 Å². The summed E-state index contributed by atoms with van der Waals surface area (Å²) < 4.78 is 19.1. The van der Waals surface area contributed by atoms with E-state index in [1.54, 1.807) is 44.8 Å². The van der Waals surface area contributed by atoms with Crippen LogP contribution in [-0.4, -0.2) is 44.5 Å². The lowest BCUT2D eigenvalue weighted by Crippen LogP contribution is -2.40. The Labute approximate surface area is 240 Å². The molecule has 0 saturated heterocycles. The van der Waals surface area contributed by atoms with Crippen molar-refractivity contribution in [1.29, 1.82) is 0 Å². The predicted molar refractivity (Wildman–Crippen MR) is 158 cm³/mol. The molecule has 2 aromatic carbocycles. The molecule has 2 heterocycles. The molecule has 1 aliphatic heterocycles. The molecule has 1 aliphatic rings. The summed E-state index contributed by atoms with van der Waals surface area (Å²) >= 11 is 4.91. The summed E-state index contributed by atoms with van der Waals surface area (Å²) in [5.41, 5.74) is 3.24. The van der Waals surface area contributed by atoms with Gasteiger partial charge in [0, 0.05) is 23.2 Å². The lowest BCUT2D eigenvalue weighted by atomic mass is 9.95. The van der Waals surface area contributed by atoms with Crippen molar-refractivity contribution in [3.05, 3.63) is 83.0 Å². The number of methoxy groups -OCH3 is 2. The number of allylic oxidation sites excluding steroid dienone is 1. The van der Waals surface area contributed by atoms with Gasteiger partial charge in [-0.05, 0) is 69.2 Å². The Bertz CT molecular complexity index is 1590. The third-order valence-corrected chi connectivity index (χ3v) is 8.30. The Morgan fingerprint density at radius 3 is 2.33 bits per heavy atom. The molecule has 0 bridgehead atoms. The number of rotatable bonds is 9. The molecule has 10 heteroatoms. The van der Waals surface area contributed by atoms with E-state index in [4.69, 9.17) is 14.2 Å². The molecule has 0 fully saturated rings. The zero-order valence-electron chi connectivity index (χ0n) is 22.9. The normalized spacial score (nSPS) is 15.1. The highest BCUT2D eigenvalue weighted by Gasteiger charge is 2.35. The Morgan fingerprint density at radius 2 is 1.74 bits per heavy atom. The number of ether oxygens (including phenoxy) is 3. The largest absolute Gasteiger partial charge is 0.493 e. The van der Waals surface area contributed by atoms with E-state index in [0.717, 1.165) is 24.3 Å². The van der Waals surface area contributed by atoms with Crippen LogP contribution >= 0.6 is 27.3 Å². The minimum atomic E-state index is -0.776. The number of carbonyl (C=O) groups excluding carboxylic acids is 1. The fourth-order valence-corrected chi connectivity index (χ4v) is 6.27. The van der Waals surface area contributed by atoms with Gasteiger partial charge in [-0.1, -0.05) is 39.4 Å². The van der Waals surface area contributed by atoms with Crippen molar-refractivity contribution in [2.45, 2.75) is 33.7 Å². The average molecular weight is 615 g/mol. The number of halogens is 1. The quantitative estimate of drug-likeness (QED) is 0.332. The molecule has 39 heavy (non-hydrogen) atoms. The Kier molecular flexibility index (Phi) is 8.97.